The van der Waals surface area contributed by atoms with Crippen molar-refractivity contribution in [1.29, 1.82) is 0 Å². The second kappa shape index (κ2) is 6.78. The number of amides is 1. The lowest BCUT2D eigenvalue weighted by Gasteiger charge is -2.20. The molecule has 1 fully saturated rings. The average Bonchev–Trinajstić information content (AvgIpc) is 2.91. The van der Waals surface area contributed by atoms with Crippen molar-refractivity contribution >= 4 is 5.91 Å². The molecule has 1 aliphatic rings. The first-order valence-corrected chi connectivity index (χ1v) is 7.64. The van der Waals surface area contributed by atoms with Gasteiger partial charge in [-0.25, -0.2) is 0 Å². The minimum atomic E-state index is -0.449. The molecule has 0 heterocycles. The van der Waals surface area contributed by atoms with Crippen molar-refractivity contribution in [3.63, 3.8) is 0 Å². The van der Waals surface area contributed by atoms with Crippen molar-refractivity contribution in [3.8, 4) is 5.75 Å². The van der Waals surface area contributed by atoms with Gasteiger partial charge in [-0.2, -0.15) is 0 Å². The third-order valence-corrected chi connectivity index (χ3v) is 3.92. The predicted molar refractivity (Wildman–Crippen MR) is 81.0 cm³/mol. The molecular formula is C17H25NO2. The minimum Gasteiger partial charge on any atom is -0.481 e. The lowest BCUT2D eigenvalue weighted by Crippen LogP contribution is -2.41. The van der Waals surface area contributed by atoms with Crippen molar-refractivity contribution in [3.05, 3.63) is 29.8 Å². The molecule has 3 nitrogen and oxygen atoms in total. The van der Waals surface area contributed by atoms with Gasteiger partial charge in [-0.05, 0) is 37.3 Å². The molecule has 20 heavy (non-hydrogen) atoms. The number of rotatable bonds is 5. The van der Waals surface area contributed by atoms with Gasteiger partial charge in [0.1, 0.15) is 5.75 Å². The number of benzene rings is 1. The number of ether oxygens (including phenoxy) is 1. The first-order valence-electron chi connectivity index (χ1n) is 7.64. The fourth-order valence-corrected chi connectivity index (χ4v) is 2.70. The molecular weight excluding hydrogens is 250 g/mol. The molecule has 1 amide bonds. The van der Waals surface area contributed by atoms with Gasteiger partial charge in [0.2, 0.25) is 0 Å². The Morgan fingerprint density at radius 2 is 1.85 bits per heavy atom. The third kappa shape index (κ3) is 3.75. The van der Waals surface area contributed by atoms with Gasteiger partial charge in [-0.3, -0.25) is 4.79 Å². The number of nitrogens with one attached hydrogen (secondary N) is 1. The Hall–Kier alpha value is -1.51. The maximum Gasteiger partial charge on any atom is 0.260 e. The van der Waals surface area contributed by atoms with Gasteiger partial charge in [0.15, 0.2) is 6.10 Å². The molecule has 1 saturated carbocycles. The quantitative estimate of drug-likeness (QED) is 0.891. The van der Waals surface area contributed by atoms with E-state index in [4.69, 9.17) is 4.74 Å². The zero-order valence-corrected chi connectivity index (χ0v) is 12.7. The molecule has 2 rings (SSSR count). The van der Waals surface area contributed by atoms with Crippen molar-refractivity contribution in [1.82, 2.24) is 5.32 Å². The molecule has 0 aliphatic heterocycles. The molecule has 0 aromatic heterocycles. The van der Waals surface area contributed by atoms with Gasteiger partial charge in [0, 0.05) is 6.04 Å². The number of para-hydroxylation sites is 1. The van der Waals surface area contributed by atoms with E-state index in [0.717, 1.165) is 24.2 Å². The lowest BCUT2D eigenvalue weighted by atomic mass is 10.0. The van der Waals surface area contributed by atoms with Crippen LogP contribution < -0.4 is 10.1 Å². The van der Waals surface area contributed by atoms with E-state index in [2.05, 4.69) is 25.2 Å². The van der Waals surface area contributed by atoms with Crippen LogP contribution in [-0.4, -0.2) is 18.1 Å². The number of carbonyl (C=O) groups is 1. The molecule has 1 aromatic carbocycles. The molecule has 3 heteroatoms. The van der Waals surface area contributed by atoms with E-state index in [1.165, 1.54) is 12.8 Å². The predicted octanol–water partition coefficient (Wildman–Crippen LogP) is 3.64. The smallest absolute Gasteiger partial charge is 0.260 e. The lowest BCUT2D eigenvalue weighted by molar-refractivity contribution is -0.128. The van der Waals surface area contributed by atoms with E-state index in [1.54, 1.807) is 0 Å². The first-order chi connectivity index (χ1) is 9.58. The average molecular weight is 275 g/mol. The van der Waals surface area contributed by atoms with Gasteiger partial charge in [-0.15, -0.1) is 0 Å². The van der Waals surface area contributed by atoms with Crippen LogP contribution in [0, 0.1) is 0 Å². The van der Waals surface area contributed by atoms with Gasteiger partial charge in [0.25, 0.3) is 5.91 Å². The second-order valence-corrected chi connectivity index (χ2v) is 5.94. The Morgan fingerprint density at radius 1 is 1.20 bits per heavy atom. The van der Waals surface area contributed by atoms with Crippen LogP contribution in [0.1, 0.15) is 57.9 Å². The second-order valence-electron chi connectivity index (χ2n) is 5.94. The molecule has 0 unspecified atom stereocenters. The van der Waals surface area contributed by atoms with E-state index >= 15 is 0 Å². The Morgan fingerprint density at radius 3 is 2.50 bits per heavy atom. The summed E-state index contributed by atoms with van der Waals surface area (Å²) in [5.41, 5.74) is 1.15. The molecule has 110 valence electrons. The summed E-state index contributed by atoms with van der Waals surface area (Å²) >= 11 is 0. The summed E-state index contributed by atoms with van der Waals surface area (Å²) < 4.78 is 5.87. The highest BCUT2D eigenvalue weighted by atomic mass is 16.5. The van der Waals surface area contributed by atoms with Crippen LogP contribution >= 0.6 is 0 Å². The van der Waals surface area contributed by atoms with Crippen molar-refractivity contribution in [2.45, 2.75) is 64.5 Å². The van der Waals surface area contributed by atoms with Crippen molar-refractivity contribution < 1.29 is 9.53 Å². The summed E-state index contributed by atoms with van der Waals surface area (Å²) in [6.07, 6.45) is 4.19. The normalized spacial score (nSPS) is 17.2. The van der Waals surface area contributed by atoms with Gasteiger partial charge in [0.05, 0.1) is 0 Å². The van der Waals surface area contributed by atoms with E-state index in [9.17, 15) is 4.79 Å². The first kappa shape index (κ1) is 14.9. The Labute approximate surface area is 121 Å². The largest absolute Gasteiger partial charge is 0.481 e. The zero-order valence-electron chi connectivity index (χ0n) is 12.7. The van der Waals surface area contributed by atoms with Crippen molar-refractivity contribution in [2.75, 3.05) is 0 Å². The molecule has 0 radical (unpaired) electrons. The van der Waals surface area contributed by atoms with Crippen LogP contribution in [0.4, 0.5) is 0 Å². The Kier molecular flexibility index (Phi) is 5.05. The highest BCUT2D eigenvalue weighted by molar-refractivity contribution is 5.81. The minimum absolute atomic E-state index is 0.00420. The van der Waals surface area contributed by atoms with Gasteiger partial charge >= 0.3 is 0 Å². The molecule has 0 saturated heterocycles. The number of hydrogen-bond acceptors (Lipinski definition) is 2. The van der Waals surface area contributed by atoms with Crippen LogP contribution in [0.3, 0.4) is 0 Å². The fraction of sp³-hybridized carbons (Fsp3) is 0.588. The molecule has 1 N–H and O–H groups in total. The molecule has 1 atom stereocenters. The van der Waals surface area contributed by atoms with E-state index in [-0.39, 0.29) is 5.91 Å². The summed E-state index contributed by atoms with van der Waals surface area (Å²) in [7, 11) is 0. The molecule has 0 bridgehead atoms. The van der Waals surface area contributed by atoms with E-state index in [1.807, 2.05) is 25.1 Å². The summed E-state index contributed by atoms with van der Waals surface area (Å²) in [5, 5.41) is 3.08. The number of hydrogen-bond donors (Lipinski definition) is 1. The van der Waals surface area contributed by atoms with Crippen molar-refractivity contribution in [2.24, 2.45) is 0 Å². The Bertz CT molecular complexity index is 450. The monoisotopic (exact) mass is 275 g/mol. The highest BCUT2D eigenvalue weighted by Crippen LogP contribution is 2.26. The van der Waals surface area contributed by atoms with E-state index < -0.39 is 6.10 Å². The fourth-order valence-electron chi connectivity index (χ4n) is 2.70. The van der Waals surface area contributed by atoms with Gasteiger partial charge in [-0.1, -0.05) is 44.9 Å². The van der Waals surface area contributed by atoms with Gasteiger partial charge < -0.3 is 10.1 Å². The Balaban J connectivity index is 1.96. The summed E-state index contributed by atoms with van der Waals surface area (Å²) in [4.78, 5) is 12.1. The van der Waals surface area contributed by atoms with Crippen LogP contribution in [0.5, 0.6) is 5.75 Å². The topological polar surface area (TPSA) is 38.3 Å². The number of carbonyl (C=O) groups excluding carboxylic acids is 1. The van der Waals surface area contributed by atoms with Crippen LogP contribution in [0.25, 0.3) is 0 Å². The summed E-state index contributed by atoms with van der Waals surface area (Å²) in [5.74, 6) is 1.20. The summed E-state index contributed by atoms with van der Waals surface area (Å²) in [6.45, 7) is 6.08. The maximum absolute atomic E-state index is 12.1. The van der Waals surface area contributed by atoms with Crippen LogP contribution in [-0.2, 0) is 4.79 Å². The van der Waals surface area contributed by atoms with Crippen LogP contribution in [0.15, 0.2) is 24.3 Å². The van der Waals surface area contributed by atoms with Crippen LogP contribution in [0.2, 0.25) is 0 Å². The SMILES string of the molecule is CC(C)c1ccccc1O[C@@H](C)C(=O)NC1CCCC1. The molecule has 1 aliphatic carbocycles. The molecule has 0 spiro atoms. The third-order valence-electron chi connectivity index (χ3n) is 3.92. The standard InChI is InChI=1S/C17H25NO2/c1-12(2)15-10-6-7-11-16(15)20-13(3)17(19)18-14-8-4-5-9-14/h6-7,10-14H,4-5,8-9H2,1-3H3,(H,18,19)/t13-/m0/s1. The molecule has 1 aromatic rings. The zero-order chi connectivity index (χ0) is 14.5. The van der Waals surface area contributed by atoms with E-state index in [0.29, 0.717) is 12.0 Å². The summed E-state index contributed by atoms with van der Waals surface area (Å²) in [6, 6.07) is 8.29. The highest BCUT2D eigenvalue weighted by Gasteiger charge is 2.22. The maximum atomic E-state index is 12.1.